The van der Waals surface area contributed by atoms with Gasteiger partial charge in [-0.25, -0.2) is 4.39 Å². The number of Topliss-reactive ketones (excluding diaryl/α,β-unsaturated/α-hetero) is 1. The second-order valence-corrected chi connectivity index (χ2v) is 7.55. The molecule has 0 fully saturated rings. The number of carbonyl (C=O) groups is 3. The molecule has 2 rings (SSSR count). The fourth-order valence-electron chi connectivity index (χ4n) is 2.10. The normalized spacial score (nSPS) is 11.2. The van der Waals surface area contributed by atoms with E-state index >= 15 is 0 Å². The van der Waals surface area contributed by atoms with Crippen molar-refractivity contribution in [3.63, 3.8) is 0 Å². The largest absolute Gasteiger partial charge is 0.457 e. The molecule has 2 N–H and O–H groups in total. The number of carbonyl (C=O) groups excluding carboxylic acids is 3. The molecule has 2 aromatic rings. The van der Waals surface area contributed by atoms with E-state index in [4.69, 9.17) is 4.42 Å². The Morgan fingerprint density at radius 3 is 2.38 bits per heavy atom. The van der Waals surface area contributed by atoms with Gasteiger partial charge in [-0.15, -0.1) is 0 Å². The minimum atomic E-state index is -0.869. The molecule has 0 spiro atoms. The van der Waals surface area contributed by atoms with Gasteiger partial charge in [0.15, 0.2) is 5.76 Å². The standard InChI is InChI=1S/C18H18BrFN2O4/c1-9-11(16(24)21-10-5-6-13(20)12(19)7-10)8-14(26-9)15(23)17(25)22-18(2,3)4/h5-8H,1-4H3,(H,21,24)(H,22,25). The summed E-state index contributed by atoms with van der Waals surface area (Å²) in [6.07, 6.45) is 0. The van der Waals surface area contributed by atoms with Gasteiger partial charge in [0, 0.05) is 17.3 Å². The number of nitrogens with one attached hydrogen (secondary N) is 2. The number of rotatable bonds is 4. The Morgan fingerprint density at radius 2 is 1.81 bits per heavy atom. The second-order valence-electron chi connectivity index (χ2n) is 6.70. The molecule has 0 aliphatic rings. The van der Waals surface area contributed by atoms with Crippen molar-refractivity contribution >= 4 is 39.2 Å². The van der Waals surface area contributed by atoms with E-state index in [1.54, 1.807) is 20.8 Å². The fraction of sp³-hybridized carbons (Fsp3) is 0.278. The van der Waals surface area contributed by atoms with Crippen LogP contribution in [-0.2, 0) is 4.79 Å². The van der Waals surface area contributed by atoms with Crippen LogP contribution in [0.15, 0.2) is 33.2 Å². The molecule has 0 saturated carbocycles. The number of hydrogen-bond acceptors (Lipinski definition) is 4. The SMILES string of the molecule is Cc1oc(C(=O)C(=O)NC(C)(C)C)cc1C(=O)Nc1ccc(F)c(Br)c1. The molecule has 0 atom stereocenters. The Bertz CT molecular complexity index is 884. The molecule has 2 amide bonds. The number of furan rings is 1. The lowest BCUT2D eigenvalue weighted by Crippen LogP contribution is -2.44. The van der Waals surface area contributed by atoms with Crippen LogP contribution < -0.4 is 10.6 Å². The monoisotopic (exact) mass is 424 g/mol. The Labute approximate surface area is 158 Å². The maximum absolute atomic E-state index is 13.3. The Hall–Kier alpha value is -2.48. The summed E-state index contributed by atoms with van der Waals surface area (Å²) >= 11 is 3.04. The van der Waals surface area contributed by atoms with Gasteiger partial charge in [0.1, 0.15) is 11.6 Å². The third-order valence-corrected chi connectivity index (χ3v) is 3.87. The van der Waals surface area contributed by atoms with Crippen LogP contribution in [0.25, 0.3) is 0 Å². The van der Waals surface area contributed by atoms with E-state index in [1.807, 2.05) is 0 Å². The summed E-state index contributed by atoms with van der Waals surface area (Å²) < 4.78 is 18.7. The van der Waals surface area contributed by atoms with Crippen LogP contribution in [0.4, 0.5) is 10.1 Å². The number of anilines is 1. The Balaban J connectivity index is 2.18. The van der Waals surface area contributed by atoms with Gasteiger partial charge >= 0.3 is 0 Å². The van der Waals surface area contributed by atoms with Crippen molar-refractivity contribution in [2.45, 2.75) is 33.2 Å². The van der Waals surface area contributed by atoms with Crippen LogP contribution in [0.1, 0.15) is 47.4 Å². The Kier molecular flexibility index (Phi) is 5.65. The zero-order valence-corrected chi connectivity index (χ0v) is 16.3. The zero-order valence-electron chi connectivity index (χ0n) is 14.7. The van der Waals surface area contributed by atoms with E-state index in [0.717, 1.165) is 0 Å². The molecule has 0 radical (unpaired) electrons. The summed E-state index contributed by atoms with van der Waals surface area (Å²) in [4.78, 5) is 36.5. The Morgan fingerprint density at radius 1 is 1.15 bits per heavy atom. The summed E-state index contributed by atoms with van der Waals surface area (Å²) in [5.41, 5.74) is -0.107. The highest BCUT2D eigenvalue weighted by atomic mass is 79.9. The molecule has 1 aromatic heterocycles. The van der Waals surface area contributed by atoms with Gasteiger partial charge < -0.3 is 15.1 Å². The summed E-state index contributed by atoms with van der Waals surface area (Å²) in [7, 11) is 0. The number of halogens is 2. The molecular formula is C18H18BrFN2O4. The highest BCUT2D eigenvalue weighted by Gasteiger charge is 2.26. The predicted octanol–water partition coefficient (Wildman–Crippen LogP) is 3.84. The van der Waals surface area contributed by atoms with E-state index < -0.39 is 29.0 Å². The molecule has 1 heterocycles. The maximum atomic E-state index is 13.3. The van der Waals surface area contributed by atoms with Gasteiger partial charge in [-0.2, -0.15) is 0 Å². The van der Waals surface area contributed by atoms with E-state index in [-0.39, 0.29) is 21.6 Å². The minimum absolute atomic E-state index is 0.109. The summed E-state index contributed by atoms with van der Waals surface area (Å²) in [6.45, 7) is 6.73. The van der Waals surface area contributed by atoms with Gasteiger partial charge in [0.2, 0.25) is 0 Å². The van der Waals surface area contributed by atoms with Gasteiger partial charge in [-0.3, -0.25) is 14.4 Å². The van der Waals surface area contributed by atoms with Gasteiger partial charge in [-0.05, 0) is 61.8 Å². The lowest BCUT2D eigenvalue weighted by Gasteiger charge is -2.19. The van der Waals surface area contributed by atoms with Crippen LogP contribution in [0, 0.1) is 12.7 Å². The fourth-order valence-corrected chi connectivity index (χ4v) is 2.48. The molecule has 0 bridgehead atoms. The second kappa shape index (κ2) is 7.41. The number of hydrogen-bond donors (Lipinski definition) is 2. The first kappa shape index (κ1) is 19.8. The zero-order chi connectivity index (χ0) is 19.6. The number of benzene rings is 1. The number of aryl methyl sites for hydroxylation is 1. The summed E-state index contributed by atoms with van der Waals surface area (Å²) in [6, 6.07) is 5.23. The third-order valence-electron chi connectivity index (χ3n) is 3.26. The minimum Gasteiger partial charge on any atom is -0.457 e. The average molecular weight is 425 g/mol. The van der Waals surface area contributed by atoms with Crippen molar-refractivity contribution in [3.8, 4) is 0 Å². The maximum Gasteiger partial charge on any atom is 0.296 e. The van der Waals surface area contributed by atoms with Crippen LogP contribution >= 0.6 is 15.9 Å². The van der Waals surface area contributed by atoms with E-state index in [0.29, 0.717) is 5.69 Å². The molecule has 0 unspecified atom stereocenters. The first-order valence-electron chi connectivity index (χ1n) is 7.71. The molecule has 1 aromatic carbocycles. The molecular weight excluding hydrogens is 407 g/mol. The van der Waals surface area contributed by atoms with E-state index in [1.165, 1.54) is 31.2 Å². The lowest BCUT2D eigenvalue weighted by atomic mass is 10.1. The van der Waals surface area contributed by atoms with E-state index in [9.17, 15) is 18.8 Å². The van der Waals surface area contributed by atoms with Crippen molar-refractivity contribution < 1.29 is 23.2 Å². The predicted molar refractivity (Wildman–Crippen MR) is 97.7 cm³/mol. The van der Waals surface area contributed by atoms with Crippen LogP contribution in [0.2, 0.25) is 0 Å². The molecule has 0 saturated heterocycles. The van der Waals surface area contributed by atoms with Crippen LogP contribution in [0.5, 0.6) is 0 Å². The summed E-state index contributed by atoms with van der Waals surface area (Å²) in [5, 5.41) is 5.12. The number of ketones is 1. The van der Waals surface area contributed by atoms with Gasteiger partial charge in [-0.1, -0.05) is 0 Å². The molecule has 6 nitrogen and oxygen atoms in total. The van der Waals surface area contributed by atoms with Crippen molar-refractivity contribution in [3.05, 3.63) is 51.6 Å². The van der Waals surface area contributed by atoms with Crippen molar-refractivity contribution in [2.24, 2.45) is 0 Å². The summed E-state index contributed by atoms with van der Waals surface area (Å²) in [5.74, 6) is -2.72. The van der Waals surface area contributed by atoms with E-state index in [2.05, 4.69) is 26.6 Å². The highest BCUT2D eigenvalue weighted by molar-refractivity contribution is 9.10. The van der Waals surface area contributed by atoms with Crippen LogP contribution in [0.3, 0.4) is 0 Å². The lowest BCUT2D eigenvalue weighted by molar-refractivity contribution is -0.118. The first-order chi connectivity index (χ1) is 12.0. The number of amides is 2. The first-order valence-corrected chi connectivity index (χ1v) is 8.51. The van der Waals surface area contributed by atoms with Crippen molar-refractivity contribution in [2.75, 3.05) is 5.32 Å². The smallest absolute Gasteiger partial charge is 0.296 e. The molecule has 0 aliphatic heterocycles. The van der Waals surface area contributed by atoms with Crippen molar-refractivity contribution in [1.82, 2.24) is 5.32 Å². The molecule has 138 valence electrons. The molecule has 0 aliphatic carbocycles. The quantitative estimate of drug-likeness (QED) is 0.576. The third kappa shape index (κ3) is 4.78. The average Bonchev–Trinajstić information content (AvgIpc) is 2.90. The van der Waals surface area contributed by atoms with Crippen LogP contribution in [-0.4, -0.2) is 23.1 Å². The molecule has 26 heavy (non-hydrogen) atoms. The topological polar surface area (TPSA) is 88.4 Å². The van der Waals surface area contributed by atoms with Crippen molar-refractivity contribution in [1.29, 1.82) is 0 Å². The van der Waals surface area contributed by atoms with Gasteiger partial charge in [0.25, 0.3) is 17.6 Å². The molecule has 8 heteroatoms. The highest BCUT2D eigenvalue weighted by Crippen LogP contribution is 2.22. The van der Waals surface area contributed by atoms with Gasteiger partial charge in [0.05, 0.1) is 10.0 Å².